The zero-order valence-corrected chi connectivity index (χ0v) is 15.8. The van der Waals surface area contributed by atoms with Gasteiger partial charge in [-0.05, 0) is 31.2 Å². The van der Waals surface area contributed by atoms with Crippen LogP contribution in [-0.2, 0) is 4.79 Å². The van der Waals surface area contributed by atoms with Crippen LogP contribution < -0.4 is 15.5 Å². The Kier molecular flexibility index (Phi) is 5.89. The van der Waals surface area contributed by atoms with E-state index in [9.17, 15) is 9.59 Å². The number of amides is 3. The molecule has 0 radical (unpaired) electrons. The number of urea groups is 1. The summed E-state index contributed by atoms with van der Waals surface area (Å²) in [4.78, 5) is 28.0. The Bertz CT molecular complexity index is 773. The summed E-state index contributed by atoms with van der Waals surface area (Å²) in [5, 5.41) is 14.8. The van der Waals surface area contributed by atoms with Gasteiger partial charge in [-0.15, -0.1) is 10.2 Å². The predicted octanol–water partition coefficient (Wildman–Crippen LogP) is 1.97. The number of halogens is 1. The number of rotatable bonds is 4. The van der Waals surface area contributed by atoms with Crippen molar-refractivity contribution >= 4 is 45.7 Å². The zero-order chi connectivity index (χ0) is 18.5. The number of carbonyl (C=O) groups is 2. The van der Waals surface area contributed by atoms with Gasteiger partial charge in [-0.25, -0.2) is 4.79 Å². The van der Waals surface area contributed by atoms with Crippen LogP contribution in [0.1, 0.15) is 5.01 Å². The Labute approximate surface area is 160 Å². The first-order chi connectivity index (χ1) is 12.5. The Morgan fingerprint density at radius 1 is 1.15 bits per heavy atom. The third-order valence-electron chi connectivity index (χ3n) is 3.93. The van der Waals surface area contributed by atoms with E-state index in [1.807, 2.05) is 24.3 Å². The number of anilines is 2. The maximum atomic E-state index is 12.2. The van der Waals surface area contributed by atoms with Gasteiger partial charge in [0, 0.05) is 36.9 Å². The van der Waals surface area contributed by atoms with Crippen LogP contribution in [-0.4, -0.2) is 59.8 Å². The molecule has 3 rings (SSSR count). The molecule has 1 saturated heterocycles. The Morgan fingerprint density at radius 3 is 2.46 bits per heavy atom. The molecule has 138 valence electrons. The summed E-state index contributed by atoms with van der Waals surface area (Å²) in [6.45, 7) is 4.33. The van der Waals surface area contributed by atoms with E-state index in [0.717, 1.165) is 23.8 Å². The van der Waals surface area contributed by atoms with Gasteiger partial charge in [0.1, 0.15) is 5.01 Å². The largest absolute Gasteiger partial charge is 0.368 e. The van der Waals surface area contributed by atoms with Crippen LogP contribution in [0.25, 0.3) is 0 Å². The molecular weight excluding hydrogens is 376 g/mol. The Hall–Kier alpha value is -2.39. The van der Waals surface area contributed by atoms with Crippen molar-refractivity contribution in [2.24, 2.45) is 0 Å². The Morgan fingerprint density at radius 2 is 1.85 bits per heavy atom. The van der Waals surface area contributed by atoms with Gasteiger partial charge in [-0.2, -0.15) is 0 Å². The van der Waals surface area contributed by atoms with E-state index < -0.39 is 0 Å². The molecule has 10 heteroatoms. The maximum absolute atomic E-state index is 12.2. The molecule has 0 bridgehead atoms. The molecule has 1 aromatic carbocycles. The van der Waals surface area contributed by atoms with Crippen molar-refractivity contribution in [1.82, 2.24) is 20.4 Å². The second-order valence-corrected chi connectivity index (χ2v) is 7.40. The van der Waals surface area contributed by atoms with Gasteiger partial charge in [-0.3, -0.25) is 10.1 Å². The topological polar surface area (TPSA) is 90.5 Å². The molecule has 0 spiro atoms. The number of aryl methyl sites for hydroxylation is 1. The number of nitrogens with one attached hydrogen (secondary N) is 2. The third-order valence-corrected chi connectivity index (χ3v) is 4.94. The summed E-state index contributed by atoms with van der Waals surface area (Å²) >= 11 is 7.20. The average molecular weight is 395 g/mol. The third kappa shape index (κ3) is 4.83. The van der Waals surface area contributed by atoms with Crippen molar-refractivity contribution < 1.29 is 9.59 Å². The summed E-state index contributed by atoms with van der Waals surface area (Å²) in [6, 6.07) is 7.40. The fourth-order valence-electron chi connectivity index (χ4n) is 2.60. The zero-order valence-electron chi connectivity index (χ0n) is 14.2. The molecule has 3 amide bonds. The van der Waals surface area contributed by atoms with Crippen molar-refractivity contribution in [1.29, 1.82) is 0 Å². The first-order valence-electron chi connectivity index (χ1n) is 8.14. The quantitative estimate of drug-likeness (QED) is 0.827. The Balaban J connectivity index is 1.42. The van der Waals surface area contributed by atoms with Crippen LogP contribution in [0, 0.1) is 6.92 Å². The minimum atomic E-state index is -0.325. The van der Waals surface area contributed by atoms with E-state index in [2.05, 4.69) is 25.7 Å². The van der Waals surface area contributed by atoms with Crippen LogP contribution >= 0.6 is 22.9 Å². The first kappa shape index (κ1) is 18.4. The van der Waals surface area contributed by atoms with E-state index in [0.29, 0.717) is 23.2 Å². The highest BCUT2D eigenvalue weighted by molar-refractivity contribution is 7.15. The van der Waals surface area contributed by atoms with Gasteiger partial charge in [0.15, 0.2) is 0 Å². The fraction of sp³-hybridized carbons (Fsp3) is 0.375. The van der Waals surface area contributed by atoms with Gasteiger partial charge in [0.25, 0.3) is 0 Å². The summed E-state index contributed by atoms with van der Waals surface area (Å²) in [5.74, 6) is -0.325. The molecule has 1 aliphatic rings. The lowest BCUT2D eigenvalue weighted by atomic mass is 10.2. The van der Waals surface area contributed by atoms with Gasteiger partial charge < -0.3 is 15.1 Å². The fourth-order valence-corrected chi connectivity index (χ4v) is 3.33. The minimum Gasteiger partial charge on any atom is -0.368 e. The number of benzene rings is 1. The van der Waals surface area contributed by atoms with Gasteiger partial charge >= 0.3 is 6.03 Å². The molecular formula is C16H19ClN6O2S. The second kappa shape index (κ2) is 8.33. The molecule has 0 saturated carbocycles. The molecule has 2 heterocycles. The van der Waals surface area contributed by atoms with Crippen molar-refractivity contribution in [3.05, 3.63) is 34.3 Å². The van der Waals surface area contributed by atoms with Crippen molar-refractivity contribution in [3.63, 3.8) is 0 Å². The van der Waals surface area contributed by atoms with E-state index in [-0.39, 0.29) is 18.5 Å². The van der Waals surface area contributed by atoms with E-state index in [1.54, 1.807) is 11.8 Å². The monoisotopic (exact) mass is 394 g/mol. The molecule has 0 aliphatic carbocycles. The van der Waals surface area contributed by atoms with E-state index in [4.69, 9.17) is 11.6 Å². The summed E-state index contributed by atoms with van der Waals surface area (Å²) < 4.78 is 0. The van der Waals surface area contributed by atoms with Crippen LogP contribution in [0.15, 0.2) is 24.3 Å². The van der Waals surface area contributed by atoms with E-state index in [1.165, 1.54) is 11.3 Å². The number of piperazine rings is 1. The van der Waals surface area contributed by atoms with Crippen LogP contribution in [0.4, 0.5) is 15.6 Å². The highest BCUT2D eigenvalue weighted by Gasteiger charge is 2.21. The molecule has 26 heavy (non-hydrogen) atoms. The lowest BCUT2D eigenvalue weighted by Crippen LogP contribution is -2.52. The highest BCUT2D eigenvalue weighted by Crippen LogP contribution is 2.19. The molecule has 1 aliphatic heterocycles. The van der Waals surface area contributed by atoms with Crippen LogP contribution in [0.5, 0.6) is 0 Å². The maximum Gasteiger partial charge on any atom is 0.317 e. The number of aromatic nitrogens is 2. The van der Waals surface area contributed by atoms with Crippen molar-refractivity contribution in [2.45, 2.75) is 6.92 Å². The van der Waals surface area contributed by atoms with Crippen LogP contribution in [0.2, 0.25) is 5.02 Å². The molecule has 1 aromatic heterocycles. The van der Waals surface area contributed by atoms with Crippen LogP contribution in [0.3, 0.4) is 0 Å². The normalized spacial score (nSPS) is 14.2. The highest BCUT2D eigenvalue weighted by atomic mass is 35.5. The van der Waals surface area contributed by atoms with Crippen molar-refractivity contribution in [2.75, 3.05) is 42.9 Å². The molecule has 1 fully saturated rings. The van der Waals surface area contributed by atoms with Gasteiger partial charge in [-0.1, -0.05) is 22.9 Å². The molecule has 2 N–H and O–H groups in total. The smallest absolute Gasteiger partial charge is 0.317 e. The van der Waals surface area contributed by atoms with Crippen molar-refractivity contribution in [3.8, 4) is 0 Å². The number of nitrogens with zero attached hydrogens (tertiary/aromatic N) is 4. The summed E-state index contributed by atoms with van der Waals surface area (Å²) in [7, 11) is 0. The number of hydrogen-bond acceptors (Lipinski definition) is 6. The summed E-state index contributed by atoms with van der Waals surface area (Å²) in [6.07, 6.45) is 0. The number of hydrogen-bond donors (Lipinski definition) is 2. The predicted molar refractivity (Wildman–Crippen MR) is 102 cm³/mol. The summed E-state index contributed by atoms with van der Waals surface area (Å²) in [5.41, 5.74) is 1.08. The minimum absolute atomic E-state index is 0.102. The first-order valence-corrected chi connectivity index (χ1v) is 9.34. The van der Waals surface area contributed by atoms with Gasteiger partial charge in [0.05, 0.1) is 6.54 Å². The lowest BCUT2D eigenvalue weighted by molar-refractivity contribution is -0.115. The van der Waals surface area contributed by atoms with E-state index >= 15 is 0 Å². The standard InChI is InChI=1S/C16H19ClN6O2S/c1-11-20-21-15(26-11)19-14(24)10-18-16(25)23-8-6-22(7-9-23)13-4-2-12(17)3-5-13/h2-5H,6-10H2,1H3,(H,18,25)(H,19,21,24). The number of carbonyl (C=O) groups excluding carboxylic acids is 2. The SMILES string of the molecule is Cc1nnc(NC(=O)CNC(=O)N2CCN(c3ccc(Cl)cc3)CC2)s1. The lowest BCUT2D eigenvalue weighted by Gasteiger charge is -2.36. The second-order valence-electron chi connectivity index (χ2n) is 5.78. The molecule has 8 nitrogen and oxygen atoms in total. The molecule has 0 atom stereocenters. The average Bonchev–Trinajstić information content (AvgIpc) is 3.05. The molecule has 0 unspecified atom stereocenters. The van der Waals surface area contributed by atoms with Gasteiger partial charge in [0.2, 0.25) is 11.0 Å². The molecule has 2 aromatic rings.